The topological polar surface area (TPSA) is 106 Å². The fraction of sp³-hybridized carbons (Fsp3) is 0.421. The van der Waals surface area contributed by atoms with Gasteiger partial charge in [-0.2, -0.15) is 4.31 Å². The number of carbonyl (C=O) groups is 1. The second kappa shape index (κ2) is 8.06. The zero-order valence-corrected chi connectivity index (χ0v) is 18.5. The molecule has 1 N–H and O–H groups in total. The van der Waals surface area contributed by atoms with Gasteiger partial charge < -0.3 is 14.6 Å². The van der Waals surface area contributed by atoms with Gasteiger partial charge in [-0.3, -0.25) is 4.79 Å². The van der Waals surface area contributed by atoms with Crippen molar-refractivity contribution in [3.8, 4) is 0 Å². The smallest absolute Gasteiger partial charge is 0.262 e. The highest BCUT2D eigenvalue weighted by Gasteiger charge is 2.36. The van der Waals surface area contributed by atoms with Gasteiger partial charge in [-0.25, -0.2) is 18.4 Å². The van der Waals surface area contributed by atoms with E-state index in [1.807, 2.05) is 19.9 Å². The van der Waals surface area contributed by atoms with Crippen LogP contribution in [0.25, 0.3) is 10.2 Å². The Hall–Kier alpha value is -2.34. The summed E-state index contributed by atoms with van der Waals surface area (Å²) in [6, 6.07) is 3.65. The van der Waals surface area contributed by atoms with Crippen molar-refractivity contribution in [1.29, 1.82) is 0 Å². The maximum absolute atomic E-state index is 13.0. The number of thiophene rings is 1. The van der Waals surface area contributed by atoms with Gasteiger partial charge >= 0.3 is 0 Å². The van der Waals surface area contributed by atoms with E-state index in [0.29, 0.717) is 10.4 Å². The molecule has 4 rings (SSSR count). The number of ether oxygens (including phenoxy) is 1. The van der Waals surface area contributed by atoms with Gasteiger partial charge in [-0.1, -0.05) is 6.07 Å². The van der Waals surface area contributed by atoms with Gasteiger partial charge in [0, 0.05) is 49.5 Å². The number of nitrogens with zero attached hydrogens (tertiary/aromatic N) is 4. The van der Waals surface area contributed by atoms with Crippen LogP contribution in [0.1, 0.15) is 35.2 Å². The maximum atomic E-state index is 13.0. The number of hydrogen-bond donors (Lipinski definition) is 1. The first-order valence-corrected chi connectivity index (χ1v) is 11.8. The summed E-state index contributed by atoms with van der Waals surface area (Å²) in [7, 11) is -2.04. The van der Waals surface area contributed by atoms with Crippen LogP contribution in [0.4, 0.5) is 0 Å². The van der Waals surface area contributed by atoms with Crippen molar-refractivity contribution in [2.45, 2.75) is 31.0 Å². The molecule has 1 atom stereocenters. The predicted octanol–water partition coefficient (Wildman–Crippen LogP) is 1.93. The molecule has 0 aromatic carbocycles. The van der Waals surface area contributed by atoms with E-state index in [4.69, 9.17) is 4.74 Å². The lowest BCUT2D eigenvalue weighted by atomic mass is 10.0. The number of sulfonamides is 1. The second-order valence-corrected chi connectivity index (χ2v) is 10.3. The highest BCUT2D eigenvalue weighted by Crippen LogP contribution is 2.38. The molecule has 9 nitrogen and oxygen atoms in total. The Bertz CT molecular complexity index is 1180. The monoisotopic (exact) mass is 449 g/mol. The fourth-order valence-corrected chi connectivity index (χ4v) is 5.93. The van der Waals surface area contributed by atoms with Crippen LogP contribution >= 0.6 is 11.3 Å². The van der Waals surface area contributed by atoms with Gasteiger partial charge in [-0.15, -0.1) is 11.3 Å². The van der Waals surface area contributed by atoms with Crippen LogP contribution in [0.15, 0.2) is 35.9 Å². The maximum Gasteiger partial charge on any atom is 0.262 e. The third-order valence-electron chi connectivity index (χ3n) is 4.77. The van der Waals surface area contributed by atoms with Gasteiger partial charge in [0.15, 0.2) is 5.03 Å². The zero-order valence-electron chi connectivity index (χ0n) is 16.9. The quantitative estimate of drug-likeness (QED) is 0.638. The molecule has 0 spiro atoms. The molecule has 3 aromatic rings. The third-order valence-corrected chi connectivity index (χ3v) is 7.65. The number of hydrogen-bond acceptors (Lipinski definition) is 7. The lowest BCUT2D eigenvalue weighted by Gasteiger charge is -2.32. The van der Waals surface area contributed by atoms with E-state index in [9.17, 15) is 13.2 Å². The number of rotatable bonds is 5. The number of fused-ring (bicyclic) bond motifs is 1. The van der Waals surface area contributed by atoms with Crippen LogP contribution < -0.4 is 5.32 Å². The summed E-state index contributed by atoms with van der Waals surface area (Å²) in [5.41, 5.74) is 0.683. The molecule has 1 aliphatic rings. The van der Waals surface area contributed by atoms with Crippen LogP contribution in [0, 0.1) is 0 Å². The normalized spacial score (nSPS) is 18.2. The van der Waals surface area contributed by atoms with Crippen molar-refractivity contribution >= 4 is 37.5 Å². The van der Waals surface area contributed by atoms with Crippen LogP contribution in [-0.2, 0) is 21.8 Å². The lowest BCUT2D eigenvalue weighted by molar-refractivity contribution is -0.00199. The van der Waals surface area contributed by atoms with Crippen molar-refractivity contribution in [2.24, 2.45) is 7.05 Å². The summed E-state index contributed by atoms with van der Waals surface area (Å²) in [4.78, 5) is 22.5. The van der Waals surface area contributed by atoms with Crippen molar-refractivity contribution in [2.75, 3.05) is 19.7 Å². The Morgan fingerprint density at radius 2 is 2.17 bits per heavy atom. The number of pyridine rings is 1. The Labute approximate surface area is 178 Å². The number of carbonyl (C=O) groups excluding carboxylic acids is 1. The Morgan fingerprint density at radius 1 is 1.37 bits per heavy atom. The first-order valence-electron chi connectivity index (χ1n) is 9.55. The van der Waals surface area contributed by atoms with Crippen LogP contribution in [-0.4, -0.2) is 58.9 Å². The molecule has 0 aliphatic carbocycles. The molecular weight excluding hydrogens is 426 g/mol. The summed E-state index contributed by atoms with van der Waals surface area (Å²) in [5, 5.41) is 3.72. The summed E-state index contributed by atoms with van der Waals surface area (Å²) >= 11 is 1.29. The molecule has 30 heavy (non-hydrogen) atoms. The number of amides is 1. The number of nitrogens with one attached hydrogen (secondary N) is 1. The highest BCUT2D eigenvalue weighted by atomic mass is 32.2. The molecule has 0 unspecified atom stereocenters. The third kappa shape index (κ3) is 3.85. The van der Waals surface area contributed by atoms with Crippen molar-refractivity contribution in [3.05, 3.63) is 41.3 Å². The largest absolute Gasteiger partial charge is 0.371 e. The van der Waals surface area contributed by atoms with Crippen LogP contribution in [0.2, 0.25) is 0 Å². The van der Waals surface area contributed by atoms with Crippen LogP contribution in [0.3, 0.4) is 0 Å². The first-order chi connectivity index (χ1) is 14.3. The molecule has 0 saturated carbocycles. The fourth-order valence-electron chi connectivity index (χ4n) is 3.44. The summed E-state index contributed by atoms with van der Waals surface area (Å²) in [6.45, 7) is 4.33. The van der Waals surface area contributed by atoms with Gasteiger partial charge in [0.2, 0.25) is 0 Å². The molecule has 1 amide bonds. The average Bonchev–Trinajstić information content (AvgIpc) is 3.32. The summed E-state index contributed by atoms with van der Waals surface area (Å²) in [5.74, 6) is -0.212. The van der Waals surface area contributed by atoms with E-state index in [0.717, 1.165) is 10.2 Å². The summed E-state index contributed by atoms with van der Waals surface area (Å²) < 4.78 is 35.0. The van der Waals surface area contributed by atoms with E-state index < -0.39 is 16.1 Å². The number of aryl methyl sites for hydroxylation is 1. The molecule has 11 heteroatoms. The van der Waals surface area contributed by atoms with Crippen molar-refractivity contribution in [3.63, 3.8) is 0 Å². The highest BCUT2D eigenvalue weighted by molar-refractivity contribution is 7.89. The van der Waals surface area contributed by atoms with Crippen LogP contribution in [0.5, 0.6) is 0 Å². The van der Waals surface area contributed by atoms with E-state index >= 15 is 0 Å². The molecular formula is C19H23N5O4S2. The number of morpholine rings is 1. The zero-order chi connectivity index (χ0) is 21.5. The molecule has 3 aromatic heterocycles. The second-order valence-electron chi connectivity index (χ2n) is 7.43. The minimum atomic E-state index is -3.76. The van der Waals surface area contributed by atoms with Gasteiger partial charge in [0.25, 0.3) is 15.9 Å². The van der Waals surface area contributed by atoms with Crippen molar-refractivity contribution < 1.29 is 17.9 Å². The standard InChI is InChI=1S/C19H23N5O4S2/c1-12(2)22-18(25)17-16(13-5-4-6-20-19(13)29-17)14-9-24(7-8-28-14)30(26,27)15-10-23(3)11-21-15/h4-6,10-12,14H,7-9H2,1-3H3,(H,22,25)/t14-/m0/s1. The van der Waals surface area contributed by atoms with Gasteiger partial charge in [0.1, 0.15) is 9.71 Å². The number of imidazole rings is 1. The average molecular weight is 450 g/mol. The summed E-state index contributed by atoms with van der Waals surface area (Å²) in [6.07, 6.45) is 4.03. The van der Waals surface area contributed by atoms with E-state index in [2.05, 4.69) is 15.3 Å². The molecule has 4 heterocycles. The minimum Gasteiger partial charge on any atom is -0.371 e. The minimum absolute atomic E-state index is 0.000248. The van der Waals surface area contributed by atoms with E-state index in [1.54, 1.807) is 23.9 Å². The Kier molecular flexibility index (Phi) is 5.62. The SMILES string of the molecule is CC(C)NC(=O)c1sc2ncccc2c1[C@@H]1CN(S(=O)(=O)c2cn(C)cn2)CCO1. The Morgan fingerprint density at radius 3 is 2.87 bits per heavy atom. The molecule has 0 radical (unpaired) electrons. The molecule has 1 aliphatic heterocycles. The Balaban J connectivity index is 1.72. The van der Waals surface area contributed by atoms with Gasteiger partial charge in [-0.05, 0) is 19.9 Å². The predicted molar refractivity (Wildman–Crippen MR) is 113 cm³/mol. The lowest BCUT2D eigenvalue weighted by Crippen LogP contribution is -2.42. The molecule has 0 bridgehead atoms. The number of aromatic nitrogens is 3. The molecule has 160 valence electrons. The van der Waals surface area contributed by atoms with Gasteiger partial charge in [0.05, 0.1) is 19.0 Å². The van der Waals surface area contributed by atoms with E-state index in [1.165, 1.54) is 28.2 Å². The van der Waals surface area contributed by atoms with E-state index in [-0.39, 0.29) is 36.7 Å². The van der Waals surface area contributed by atoms with Crippen molar-refractivity contribution in [1.82, 2.24) is 24.2 Å². The first kappa shape index (κ1) is 20.9. The molecule has 1 saturated heterocycles. The molecule has 1 fully saturated rings.